The Kier molecular flexibility index (Phi) is 6.83. The Hall–Kier alpha value is -3.02. The molecule has 2 N–H and O–H groups in total. The van der Waals surface area contributed by atoms with Gasteiger partial charge < -0.3 is 20.1 Å². The summed E-state index contributed by atoms with van der Waals surface area (Å²) in [5, 5.41) is 5.25. The van der Waals surface area contributed by atoms with Crippen molar-refractivity contribution in [3.8, 4) is 5.75 Å². The van der Waals surface area contributed by atoms with Gasteiger partial charge in [0.05, 0.1) is 12.3 Å². The molecule has 0 unspecified atom stereocenters. The van der Waals surface area contributed by atoms with Gasteiger partial charge in [-0.05, 0) is 31.5 Å². The molecule has 0 radical (unpaired) electrons. The maximum Gasteiger partial charge on any atom is 0.408 e. The lowest BCUT2D eigenvalue weighted by Gasteiger charge is -2.16. The molecule has 0 bridgehead atoms. The molecule has 2 aromatic rings. The van der Waals surface area contributed by atoms with E-state index in [1.54, 1.807) is 25.1 Å². The molecule has 0 saturated carbocycles. The third-order valence-electron chi connectivity index (χ3n) is 3.39. The van der Waals surface area contributed by atoms with Crippen molar-refractivity contribution in [2.24, 2.45) is 0 Å². The molecule has 2 aromatic carbocycles. The first-order valence-electron chi connectivity index (χ1n) is 8.10. The standard InChI is InChI=1S/C19H22N2O4/c1-3-24-17-12-8-7-11-16(17)21-18(22)14(2)20-19(23)25-13-15-9-5-4-6-10-15/h4-12,14H,3,13H2,1-2H3,(H,20,23)(H,21,22)/t14-/m0/s1. The first-order chi connectivity index (χ1) is 12.1. The Bertz CT molecular complexity index is 704. The third kappa shape index (κ3) is 5.84. The maximum absolute atomic E-state index is 12.2. The fourth-order valence-electron chi connectivity index (χ4n) is 2.10. The van der Waals surface area contributed by atoms with E-state index in [0.29, 0.717) is 18.0 Å². The quantitative estimate of drug-likeness (QED) is 0.809. The summed E-state index contributed by atoms with van der Waals surface area (Å²) in [6.45, 7) is 4.09. The normalized spacial score (nSPS) is 11.3. The minimum absolute atomic E-state index is 0.147. The van der Waals surface area contributed by atoms with E-state index >= 15 is 0 Å². The van der Waals surface area contributed by atoms with Gasteiger partial charge in [0.25, 0.3) is 0 Å². The Morgan fingerprint density at radius 3 is 2.44 bits per heavy atom. The van der Waals surface area contributed by atoms with Crippen LogP contribution in [-0.4, -0.2) is 24.6 Å². The van der Waals surface area contributed by atoms with Crippen molar-refractivity contribution < 1.29 is 19.1 Å². The summed E-state index contributed by atoms with van der Waals surface area (Å²) < 4.78 is 10.6. The first-order valence-corrected chi connectivity index (χ1v) is 8.10. The number of alkyl carbamates (subject to hydrolysis) is 1. The third-order valence-corrected chi connectivity index (χ3v) is 3.39. The Morgan fingerprint density at radius 1 is 1.04 bits per heavy atom. The summed E-state index contributed by atoms with van der Waals surface area (Å²) in [6, 6.07) is 15.7. The number of carbonyl (C=O) groups is 2. The van der Waals surface area contributed by atoms with Crippen LogP contribution in [0, 0.1) is 0 Å². The molecule has 6 heteroatoms. The molecule has 0 spiro atoms. The molecule has 0 saturated heterocycles. The van der Waals surface area contributed by atoms with Crippen LogP contribution in [0.1, 0.15) is 19.4 Å². The molecule has 0 aliphatic carbocycles. The Balaban J connectivity index is 1.84. The topological polar surface area (TPSA) is 76.7 Å². The summed E-state index contributed by atoms with van der Waals surface area (Å²) >= 11 is 0. The maximum atomic E-state index is 12.2. The number of hydrogen-bond acceptors (Lipinski definition) is 4. The lowest BCUT2D eigenvalue weighted by atomic mass is 10.2. The van der Waals surface area contributed by atoms with Gasteiger partial charge in [0, 0.05) is 0 Å². The van der Waals surface area contributed by atoms with Crippen LogP contribution in [0.3, 0.4) is 0 Å². The number of nitrogens with one attached hydrogen (secondary N) is 2. The zero-order valence-corrected chi connectivity index (χ0v) is 14.3. The summed E-state index contributed by atoms with van der Waals surface area (Å²) in [5.74, 6) is 0.223. The van der Waals surface area contributed by atoms with Gasteiger partial charge in [-0.1, -0.05) is 42.5 Å². The highest BCUT2D eigenvalue weighted by Gasteiger charge is 2.17. The second-order valence-corrected chi connectivity index (χ2v) is 5.35. The van der Waals surface area contributed by atoms with Crippen molar-refractivity contribution >= 4 is 17.7 Å². The van der Waals surface area contributed by atoms with Gasteiger partial charge in [0.2, 0.25) is 5.91 Å². The summed E-state index contributed by atoms with van der Waals surface area (Å²) in [7, 11) is 0. The van der Waals surface area contributed by atoms with Crippen LogP contribution in [-0.2, 0) is 16.1 Å². The van der Waals surface area contributed by atoms with E-state index in [0.717, 1.165) is 5.56 Å². The van der Waals surface area contributed by atoms with Gasteiger partial charge in [-0.15, -0.1) is 0 Å². The monoisotopic (exact) mass is 342 g/mol. The SMILES string of the molecule is CCOc1ccccc1NC(=O)[C@H](C)NC(=O)OCc1ccccc1. The number of ether oxygens (including phenoxy) is 2. The molecule has 2 amide bonds. The molecule has 0 fully saturated rings. The number of hydrogen-bond donors (Lipinski definition) is 2. The molecule has 132 valence electrons. The second kappa shape index (κ2) is 9.32. The van der Waals surface area contributed by atoms with E-state index in [-0.39, 0.29) is 12.5 Å². The number of benzene rings is 2. The molecular formula is C19H22N2O4. The van der Waals surface area contributed by atoms with Gasteiger partial charge in [-0.25, -0.2) is 4.79 Å². The first kappa shape index (κ1) is 18.3. The van der Waals surface area contributed by atoms with Crippen molar-refractivity contribution in [3.05, 3.63) is 60.2 Å². The van der Waals surface area contributed by atoms with Gasteiger partial charge in [-0.3, -0.25) is 4.79 Å². The highest BCUT2D eigenvalue weighted by atomic mass is 16.5. The van der Waals surface area contributed by atoms with E-state index in [1.165, 1.54) is 0 Å². The van der Waals surface area contributed by atoms with Crippen LogP contribution >= 0.6 is 0 Å². The van der Waals surface area contributed by atoms with Crippen LogP contribution in [0.5, 0.6) is 5.75 Å². The van der Waals surface area contributed by atoms with Crippen LogP contribution in [0.25, 0.3) is 0 Å². The van der Waals surface area contributed by atoms with E-state index < -0.39 is 12.1 Å². The van der Waals surface area contributed by atoms with E-state index in [9.17, 15) is 9.59 Å². The van der Waals surface area contributed by atoms with Gasteiger partial charge in [0.1, 0.15) is 18.4 Å². The minimum atomic E-state index is -0.752. The van der Waals surface area contributed by atoms with Crippen molar-refractivity contribution in [3.63, 3.8) is 0 Å². The lowest BCUT2D eigenvalue weighted by molar-refractivity contribution is -0.117. The fourth-order valence-corrected chi connectivity index (χ4v) is 2.10. The minimum Gasteiger partial charge on any atom is -0.492 e. The van der Waals surface area contributed by atoms with Gasteiger partial charge in [0.15, 0.2) is 0 Å². The zero-order chi connectivity index (χ0) is 18.1. The molecule has 1 atom stereocenters. The molecule has 0 aliphatic rings. The van der Waals surface area contributed by atoms with E-state index in [4.69, 9.17) is 9.47 Å². The van der Waals surface area contributed by atoms with Crippen molar-refractivity contribution in [1.82, 2.24) is 5.32 Å². The smallest absolute Gasteiger partial charge is 0.408 e. The largest absolute Gasteiger partial charge is 0.492 e. The predicted octanol–water partition coefficient (Wildman–Crippen LogP) is 3.34. The number of carbonyl (C=O) groups excluding carboxylic acids is 2. The van der Waals surface area contributed by atoms with Crippen LogP contribution in [0.4, 0.5) is 10.5 Å². The van der Waals surface area contributed by atoms with Gasteiger partial charge >= 0.3 is 6.09 Å². The molecule has 0 aromatic heterocycles. The zero-order valence-electron chi connectivity index (χ0n) is 14.3. The average Bonchev–Trinajstić information content (AvgIpc) is 2.62. The molecule has 25 heavy (non-hydrogen) atoms. The summed E-state index contributed by atoms with van der Waals surface area (Å²) in [6.07, 6.45) is -0.649. The number of rotatable bonds is 7. The van der Waals surface area contributed by atoms with Crippen molar-refractivity contribution in [1.29, 1.82) is 0 Å². The predicted molar refractivity (Wildman–Crippen MR) is 95.5 cm³/mol. The van der Waals surface area contributed by atoms with Gasteiger partial charge in [-0.2, -0.15) is 0 Å². The van der Waals surface area contributed by atoms with Crippen molar-refractivity contribution in [2.75, 3.05) is 11.9 Å². The second-order valence-electron chi connectivity index (χ2n) is 5.35. The molecule has 6 nitrogen and oxygen atoms in total. The molecular weight excluding hydrogens is 320 g/mol. The van der Waals surface area contributed by atoms with Crippen molar-refractivity contribution in [2.45, 2.75) is 26.5 Å². The Morgan fingerprint density at radius 2 is 1.72 bits per heavy atom. The Labute approximate surface area is 147 Å². The average molecular weight is 342 g/mol. The summed E-state index contributed by atoms with van der Waals surface area (Å²) in [4.78, 5) is 24.1. The lowest BCUT2D eigenvalue weighted by Crippen LogP contribution is -2.41. The molecule has 0 heterocycles. The fraction of sp³-hybridized carbons (Fsp3) is 0.263. The van der Waals surface area contributed by atoms with E-state index in [2.05, 4.69) is 10.6 Å². The molecule has 0 aliphatic heterocycles. The van der Waals surface area contributed by atoms with Crippen LogP contribution in [0.2, 0.25) is 0 Å². The highest BCUT2D eigenvalue weighted by molar-refractivity contribution is 5.97. The highest BCUT2D eigenvalue weighted by Crippen LogP contribution is 2.23. The number of para-hydroxylation sites is 2. The van der Waals surface area contributed by atoms with E-state index in [1.807, 2.05) is 43.3 Å². The number of anilines is 1. The number of amides is 2. The van der Waals surface area contributed by atoms with Crippen LogP contribution in [0.15, 0.2) is 54.6 Å². The molecule has 2 rings (SSSR count). The van der Waals surface area contributed by atoms with Crippen LogP contribution < -0.4 is 15.4 Å². The summed E-state index contributed by atoms with van der Waals surface area (Å²) in [5.41, 5.74) is 1.43.